The normalized spacial score (nSPS) is 54.7. The third-order valence-corrected chi connectivity index (χ3v) is 3.24. The van der Waals surface area contributed by atoms with E-state index in [9.17, 15) is 5.21 Å². The van der Waals surface area contributed by atoms with Crippen LogP contribution in [-0.2, 0) is 0 Å². The predicted molar refractivity (Wildman–Crippen MR) is 44.4 cm³/mol. The zero-order valence-electron chi connectivity index (χ0n) is 7.13. The summed E-state index contributed by atoms with van der Waals surface area (Å²) >= 11 is 0. The average molecular weight is 186 g/mol. The lowest BCUT2D eigenvalue weighted by molar-refractivity contribution is -0.910. The Morgan fingerprint density at radius 2 is 2.00 bits per heavy atom. The summed E-state index contributed by atoms with van der Waals surface area (Å²) < 4.78 is 0. The van der Waals surface area contributed by atoms with Crippen LogP contribution in [0.15, 0.2) is 0 Å². The molecule has 2 heterocycles. The molecule has 0 aromatic carbocycles. The smallest absolute Gasteiger partial charge is 0.125 e. The first-order chi connectivity index (χ1) is 6.36. The third kappa shape index (κ3) is 1.10. The van der Waals surface area contributed by atoms with Gasteiger partial charge in [-0.25, -0.2) is 16.3 Å². The minimum absolute atomic E-state index is 0.135. The molecule has 5 unspecified atom stereocenters. The average Bonchev–Trinajstić information content (AvgIpc) is 2.70. The highest BCUT2D eigenvalue weighted by Gasteiger charge is 2.48. The van der Waals surface area contributed by atoms with E-state index in [1.807, 2.05) is 0 Å². The molecule has 0 radical (unpaired) electrons. The van der Waals surface area contributed by atoms with Gasteiger partial charge in [-0.2, -0.15) is 5.53 Å². The van der Waals surface area contributed by atoms with E-state index in [-0.39, 0.29) is 17.3 Å². The molecule has 0 spiro atoms. The first-order valence-electron chi connectivity index (χ1n) is 4.68. The van der Waals surface area contributed by atoms with Crippen LogP contribution in [0.5, 0.6) is 0 Å². The lowest BCUT2D eigenvalue weighted by Crippen LogP contribution is -3.16. The quantitative estimate of drug-likeness (QED) is 0.218. The van der Waals surface area contributed by atoms with Crippen LogP contribution in [-0.4, -0.2) is 24.2 Å². The van der Waals surface area contributed by atoms with E-state index < -0.39 is 0 Å². The van der Waals surface area contributed by atoms with E-state index >= 15 is 0 Å². The van der Waals surface area contributed by atoms with Crippen LogP contribution in [0.3, 0.4) is 0 Å². The van der Waals surface area contributed by atoms with Crippen LogP contribution < -0.4 is 32.5 Å². The van der Waals surface area contributed by atoms with Gasteiger partial charge in [0.1, 0.15) is 6.04 Å². The van der Waals surface area contributed by atoms with Crippen LogP contribution in [0.2, 0.25) is 0 Å². The van der Waals surface area contributed by atoms with Crippen molar-refractivity contribution < 1.29 is 5.17 Å². The Hall–Kier alpha value is -0.280. The number of hydrogen-bond donors (Lipinski definition) is 6. The topological polar surface area (TPSA) is 87.7 Å². The van der Waals surface area contributed by atoms with Crippen LogP contribution in [0, 0.1) is 5.21 Å². The van der Waals surface area contributed by atoms with Crippen LogP contribution in [0.4, 0.5) is 0 Å². The SMILES string of the molecule is [O-][NH+]1NNC2C3NNNC3CCC21. The predicted octanol–water partition coefficient (Wildman–Crippen LogP) is -3.73. The van der Waals surface area contributed by atoms with E-state index in [1.54, 1.807) is 0 Å². The highest BCUT2D eigenvalue weighted by Crippen LogP contribution is 2.20. The van der Waals surface area contributed by atoms with Crippen LogP contribution in [0.25, 0.3) is 0 Å². The summed E-state index contributed by atoms with van der Waals surface area (Å²) in [5, 5.41) is 11.5. The van der Waals surface area contributed by atoms with Crippen molar-refractivity contribution in [2.75, 3.05) is 0 Å². The van der Waals surface area contributed by atoms with Gasteiger partial charge in [0.15, 0.2) is 0 Å². The van der Waals surface area contributed by atoms with Crippen molar-refractivity contribution in [1.29, 1.82) is 0 Å². The molecule has 5 atom stereocenters. The third-order valence-electron chi connectivity index (χ3n) is 3.24. The van der Waals surface area contributed by atoms with Crippen molar-refractivity contribution in [3.63, 3.8) is 0 Å². The maximum absolute atomic E-state index is 11.4. The molecule has 3 aliphatic rings. The Labute approximate surface area is 75.7 Å². The molecule has 0 aromatic heterocycles. The van der Waals surface area contributed by atoms with Gasteiger partial charge >= 0.3 is 0 Å². The summed E-state index contributed by atoms with van der Waals surface area (Å²) in [6.07, 6.45) is 2.00. The second-order valence-electron chi connectivity index (χ2n) is 3.89. The molecule has 7 heteroatoms. The fourth-order valence-electron chi connectivity index (χ4n) is 2.52. The number of hydrazine groups is 3. The minimum Gasteiger partial charge on any atom is -0.612 e. The highest BCUT2D eigenvalue weighted by molar-refractivity contribution is 5.01. The summed E-state index contributed by atoms with van der Waals surface area (Å²) in [5.41, 5.74) is 14.9. The molecular formula is C6H14N6O. The van der Waals surface area contributed by atoms with Crippen molar-refractivity contribution in [3.05, 3.63) is 5.21 Å². The monoisotopic (exact) mass is 186 g/mol. The molecule has 3 rings (SSSR count). The Balaban J connectivity index is 1.81. The van der Waals surface area contributed by atoms with Gasteiger partial charge in [-0.05, 0) is 6.42 Å². The molecule has 0 amide bonds. The van der Waals surface area contributed by atoms with Gasteiger partial charge in [-0.15, -0.1) is 5.53 Å². The van der Waals surface area contributed by atoms with Gasteiger partial charge in [0.2, 0.25) is 0 Å². The summed E-state index contributed by atoms with van der Waals surface area (Å²) in [4.78, 5) is 0. The second-order valence-corrected chi connectivity index (χ2v) is 3.89. The number of nitrogens with one attached hydrogen (secondary N) is 6. The van der Waals surface area contributed by atoms with Gasteiger partial charge in [-0.3, -0.25) is 5.17 Å². The molecule has 1 saturated carbocycles. The molecule has 7 nitrogen and oxygen atoms in total. The number of hydrogen-bond acceptors (Lipinski definition) is 6. The number of rotatable bonds is 0. The molecule has 1 aliphatic carbocycles. The molecule has 74 valence electrons. The Kier molecular flexibility index (Phi) is 1.77. The molecule has 0 bridgehead atoms. The van der Waals surface area contributed by atoms with Crippen molar-refractivity contribution >= 4 is 0 Å². The Morgan fingerprint density at radius 1 is 1.08 bits per heavy atom. The van der Waals surface area contributed by atoms with Crippen molar-refractivity contribution in [2.45, 2.75) is 37.0 Å². The molecule has 2 saturated heterocycles. The van der Waals surface area contributed by atoms with Crippen LogP contribution >= 0.6 is 0 Å². The molecule has 2 aliphatic heterocycles. The summed E-state index contributed by atoms with van der Waals surface area (Å²) in [6, 6.07) is 1.09. The second kappa shape index (κ2) is 2.85. The van der Waals surface area contributed by atoms with Gasteiger partial charge in [0, 0.05) is 12.5 Å². The molecular weight excluding hydrogens is 172 g/mol. The number of quaternary nitrogens is 1. The molecule has 6 N–H and O–H groups in total. The fraction of sp³-hybridized carbons (Fsp3) is 1.00. The maximum Gasteiger partial charge on any atom is 0.125 e. The number of fused-ring (bicyclic) bond motifs is 3. The zero-order valence-corrected chi connectivity index (χ0v) is 7.13. The van der Waals surface area contributed by atoms with E-state index in [0.29, 0.717) is 12.1 Å². The lowest BCUT2D eigenvalue weighted by Gasteiger charge is -2.33. The van der Waals surface area contributed by atoms with Crippen LogP contribution in [0.1, 0.15) is 12.8 Å². The van der Waals surface area contributed by atoms with Crippen molar-refractivity contribution in [1.82, 2.24) is 27.3 Å². The standard InChI is InChI=1S/C6H14N6O/c13-12-4-2-1-3-5(8-10-7-3)6(4)9-11-12/h3-12H,1-2H2. The maximum atomic E-state index is 11.4. The first kappa shape index (κ1) is 8.06. The number of hydroxylamine groups is 1. The van der Waals surface area contributed by atoms with Gasteiger partial charge in [0.25, 0.3) is 0 Å². The summed E-state index contributed by atoms with van der Waals surface area (Å²) in [5.74, 6) is 0. The lowest BCUT2D eigenvalue weighted by atomic mass is 9.84. The van der Waals surface area contributed by atoms with Gasteiger partial charge in [-0.1, -0.05) is 0 Å². The first-order valence-corrected chi connectivity index (χ1v) is 4.68. The molecule has 0 aromatic rings. The summed E-state index contributed by atoms with van der Waals surface area (Å²) in [7, 11) is 0. The van der Waals surface area contributed by atoms with E-state index in [2.05, 4.69) is 27.3 Å². The summed E-state index contributed by atoms with van der Waals surface area (Å²) in [6.45, 7) is 0. The molecule has 13 heavy (non-hydrogen) atoms. The zero-order chi connectivity index (χ0) is 8.84. The molecule has 3 fully saturated rings. The van der Waals surface area contributed by atoms with E-state index in [4.69, 9.17) is 0 Å². The van der Waals surface area contributed by atoms with Gasteiger partial charge in [0.05, 0.1) is 12.1 Å². The van der Waals surface area contributed by atoms with Gasteiger partial charge < -0.3 is 5.21 Å². The van der Waals surface area contributed by atoms with Crippen molar-refractivity contribution in [2.24, 2.45) is 0 Å². The Bertz CT molecular complexity index is 213. The van der Waals surface area contributed by atoms with Crippen molar-refractivity contribution in [3.8, 4) is 0 Å². The fourth-order valence-corrected chi connectivity index (χ4v) is 2.52. The highest BCUT2D eigenvalue weighted by atomic mass is 16.6. The van der Waals surface area contributed by atoms with E-state index in [0.717, 1.165) is 12.8 Å². The minimum atomic E-state index is 0.135. The Morgan fingerprint density at radius 3 is 2.92 bits per heavy atom. The largest absolute Gasteiger partial charge is 0.612 e. The van der Waals surface area contributed by atoms with E-state index in [1.165, 1.54) is 0 Å².